The van der Waals surface area contributed by atoms with Crippen LogP contribution in [0.3, 0.4) is 0 Å². The van der Waals surface area contributed by atoms with Crippen LogP contribution in [0.2, 0.25) is 0 Å². The SMILES string of the molecule is C=C/C(=C\N=C)CCc1ccc(OC)cc1C. The maximum Gasteiger partial charge on any atom is 0.119 e. The number of hydrogen-bond donors (Lipinski definition) is 0. The molecule has 1 aromatic rings. The van der Waals surface area contributed by atoms with E-state index in [1.54, 1.807) is 13.3 Å². The zero-order valence-corrected chi connectivity index (χ0v) is 10.6. The van der Waals surface area contributed by atoms with Crippen LogP contribution in [0.25, 0.3) is 0 Å². The summed E-state index contributed by atoms with van der Waals surface area (Å²) in [6.45, 7) is 9.32. The van der Waals surface area contributed by atoms with Crippen LogP contribution in [-0.2, 0) is 6.42 Å². The molecule has 0 aliphatic carbocycles. The first-order valence-electron chi connectivity index (χ1n) is 5.62. The van der Waals surface area contributed by atoms with Crippen molar-refractivity contribution >= 4 is 6.72 Å². The molecule has 17 heavy (non-hydrogen) atoms. The van der Waals surface area contributed by atoms with Crippen LogP contribution in [0.5, 0.6) is 5.75 Å². The summed E-state index contributed by atoms with van der Waals surface area (Å²) in [5.74, 6) is 0.901. The second-order valence-corrected chi connectivity index (χ2v) is 3.88. The van der Waals surface area contributed by atoms with Crippen LogP contribution in [0.15, 0.2) is 47.6 Å². The van der Waals surface area contributed by atoms with Crippen LogP contribution in [0, 0.1) is 6.92 Å². The Morgan fingerprint density at radius 3 is 2.76 bits per heavy atom. The van der Waals surface area contributed by atoms with Crippen molar-refractivity contribution in [2.75, 3.05) is 7.11 Å². The standard InChI is InChI=1S/C15H19NO/c1-5-13(11-16-3)6-7-14-8-9-15(17-4)10-12(14)2/h5,8-11H,1,3,6-7H2,2,4H3/b13-11+. The lowest BCUT2D eigenvalue weighted by Gasteiger charge is -2.08. The Balaban J connectivity index is 2.72. The van der Waals surface area contributed by atoms with E-state index >= 15 is 0 Å². The summed E-state index contributed by atoms with van der Waals surface area (Å²) in [5.41, 5.74) is 3.68. The lowest BCUT2D eigenvalue weighted by molar-refractivity contribution is 0.414. The predicted octanol–water partition coefficient (Wildman–Crippen LogP) is 3.71. The van der Waals surface area contributed by atoms with E-state index in [1.807, 2.05) is 12.1 Å². The molecular weight excluding hydrogens is 210 g/mol. The summed E-state index contributed by atoms with van der Waals surface area (Å²) < 4.78 is 5.18. The van der Waals surface area contributed by atoms with Crippen LogP contribution in [0.1, 0.15) is 17.5 Å². The molecule has 1 rings (SSSR count). The Hall–Kier alpha value is -1.83. The van der Waals surface area contributed by atoms with Crippen molar-refractivity contribution in [2.24, 2.45) is 4.99 Å². The third-order valence-electron chi connectivity index (χ3n) is 2.75. The maximum absolute atomic E-state index is 5.18. The van der Waals surface area contributed by atoms with Gasteiger partial charge >= 0.3 is 0 Å². The molecular formula is C15H19NO. The average molecular weight is 229 g/mol. The minimum absolute atomic E-state index is 0.901. The maximum atomic E-state index is 5.18. The van der Waals surface area contributed by atoms with Gasteiger partial charge in [-0.05, 0) is 55.3 Å². The molecule has 1 aromatic carbocycles. The minimum atomic E-state index is 0.901. The van der Waals surface area contributed by atoms with Crippen molar-refractivity contribution in [3.05, 3.63) is 53.8 Å². The lowest BCUT2D eigenvalue weighted by atomic mass is 10.0. The van der Waals surface area contributed by atoms with E-state index in [9.17, 15) is 0 Å². The van der Waals surface area contributed by atoms with Gasteiger partial charge in [-0.25, -0.2) is 0 Å². The number of aliphatic imine (C=N–C) groups is 1. The van der Waals surface area contributed by atoms with Crippen molar-refractivity contribution in [1.29, 1.82) is 0 Å². The number of ether oxygens (including phenoxy) is 1. The largest absolute Gasteiger partial charge is 0.497 e. The van der Waals surface area contributed by atoms with Crippen molar-refractivity contribution in [2.45, 2.75) is 19.8 Å². The van der Waals surface area contributed by atoms with Gasteiger partial charge in [0.2, 0.25) is 0 Å². The minimum Gasteiger partial charge on any atom is -0.497 e. The molecule has 0 spiro atoms. The third kappa shape index (κ3) is 3.91. The molecule has 0 unspecified atom stereocenters. The Morgan fingerprint density at radius 1 is 1.47 bits per heavy atom. The zero-order valence-electron chi connectivity index (χ0n) is 10.6. The van der Waals surface area contributed by atoms with E-state index < -0.39 is 0 Å². The molecule has 2 heteroatoms. The van der Waals surface area contributed by atoms with Crippen molar-refractivity contribution in [1.82, 2.24) is 0 Å². The molecule has 0 bridgehead atoms. The predicted molar refractivity (Wildman–Crippen MR) is 73.9 cm³/mol. The second-order valence-electron chi connectivity index (χ2n) is 3.88. The van der Waals surface area contributed by atoms with Gasteiger partial charge in [-0.15, -0.1) is 0 Å². The molecule has 2 nitrogen and oxygen atoms in total. The monoisotopic (exact) mass is 229 g/mol. The highest BCUT2D eigenvalue weighted by Crippen LogP contribution is 2.19. The molecule has 0 aliphatic rings. The normalized spacial score (nSPS) is 11.1. The first kappa shape index (κ1) is 13.2. The molecule has 0 radical (unpaired) electrons. The van der Waals surface area contributed by atoms with Crippen LogP contribution >= 0.6 is 0 Å². The van der Waals surface area contributed by atoms with Crippen molar-refractivity contribution < 1.29 is 4.74 Å². The highest BCUT2D eigenvalue weighted by Gasteiger charge is 2.01. The Labute approximate surface area is 103 Å². The van der Waals surface area contributed by atoms with Crippen LogP contribution < -0.4 is 4.74 Å². The number of methoxy groups -OCH3 is 1. The molecule has 90 valence electrons. The number of nitrogens with zero attached hydrogens (tertiary/aromatic N) is 1. The van der Waals surface area contributed by atoms with Crippen molar-refractivity contribution in [3.8, 4) is 5.75 Å². The van der Waals surface area contributed by atoms with E-state index in [-0.39, 0.29) is 0 Å². The topological polar surface area (TPSA) is 21.6 Å². The van der Waals surface area contributed by atoms with Crippen LogP contribution in [-0.4, -0.2) is 13.8 Å². The smallest absolute Gasteiger partial charge is 0.119 e. The molecule has 0 fully saturated rings. The Kier molecular flexibility index (Phi) is 5.21. The van der Waals surface area contributed by atoms with Gasteiger partial charge in [-0.3, -0.25) is 4.99 Å². The van der Waals surface area contributed by atoms with E-state index in [2.05, 4.69) is 37.3 Å². The lowest BCUT2D eigenvalue weighted by Crippen LogP contribution is -1.92. The molecule has 0 amide bonds. The van der Waals surface area contributed by atoms with Crippen molar-refractivity contribution in [3.63, 3.8) is 0 Å². The van der Waals surface area contributed by atoms with E-state index in [0.29, 0.717) is 0 Å². The number of benzene rings is 1. The molecule has 0 aliphatic heterocycles. The molecule has 0 N–H and O–H groups in total. The van der Waals surface area contributed by atoms with Gasteiger partial charge in [-0.1, -0.05) is 18.7 Å². The second kappa shape index (κ2) is 6.69. The quantitative estimate of drug-likeness (QED) is 0.538. The van der Waals surface area contributed by atoms with Gasteiger partial charge in [0.05, 0.1) is 7.11 Å². The number of aryl methyl sites for hydroxylation is 2. The van der Waals surface area contributed by atoms with Gasteiger partial charge in [0.15, 0.2) is 0 Å². The highest BCUT2D eigenvalue weighted by molar-refractivity contribution is 5.35. The number of allylic oxidation sites excluding steroid dienone is 2. The molecule has 0 saturated carbocycles. The summed E-state index contributed by atoms with van der Waals surface area (Å²) in [7, 11) is 1.68. The Bertz CT molecular complexity index is 433. The number of hydrogen-bond acceptors (Lipinski definition) is 2. The molecule has 0 aromatic heterocycles. The third-order valence-corrected chi connectivity index (χ3v) is 2.75. The average Bonchev–Trinajstić information content (AvgIpc) is 2.35. The zero-order chi connectivity index (χ0) is 12.7. The van der Waals surface area contributed by atoms with E-state index in [4.69, 9.17) is 4.74 Å². The number of rotatable bonds is 6. The first-order valence-corrected chi connectivity index (χ1v) is 5.62. The fourth-order valence-corrected chi connectivity index (χ4v) is 1.69. The molecule has 0 heterocycles. The van der Waals surface area contributed by atoms with Crippen LogP contribution in [0.4, 0.5) is 0 Å². The molecule has 0 atom stereocenters. The summed E-state index contributed by atoms with van der Waals surface area (Å²) >= 11 is 0. The summed E-state index contributed by atoms with van der Waals surface area (Å²) in [4.78, 5) is 3.77. The van der Waals surface area contributed by atoms with Gasteiger partial charge in [0.1, 0.15) is 5.75 Å². The van der Waals surface area contributed by atoms with Gasteiger partial charge in [0, 0.05) is 6.20 Å². The Morgan fingerprint density at radius 2 is 2.24 bits per heavy atom. The van der Waals surface area contributed by atoms with E-state index in [1.165, 1.54) is 11.1 Å². The van der Waals surface area contributed by atoms with Gasteiger partial charge in [0.25, 0.3) is 0 Å². The summed E-state index contributed by atoms with van der Waals surface area (Å²) in [6, 6.07) is 6.15. The highest BCUT2D eigenvalue weighted by atomic mass is 16.5. The summed E-state index contributed by atoms with van der Waals surface area (Å²) in [5, 5.41) is 0. The van der Waals surface area contributed by atoms with Gasteiger partial charge < -0.3 is 4.74 Å². The fourth-order valence-electron chi connectivity index (χ4n) is 1.69. The summed E-state index contributed by atoms with van der Waals surface area (Å²) in [6.07, 6.45) is 5.48. The molecule has 0 saturated heterocycles. The fraction of sp³-hybridized carbons (Fsp3) is 0.267. The first-order chi connectivity index (χ1) is 8.21. The van der Waals surface area contributed by atoms with E-state index in [0.717, 1.165) is 24.2 Å². The van der Waals surface area contributed by atoms with Gasteiger partial charge in [-0.2, -0.15) is 0 Å².